The van der Waals surface area contributed by atoms with Crippen LogP contribution in [0.1, 0.15) is 12.8 Å². The largest absolute Gasteiger partial charge is 0.463 e. The van der Waals surface area contributed by atoms with Gasteiger partial charge in [-0.05, 0) is 12.1 Å². The van der Waals surface area contributed by atoms with Crippen molar-refractivity contribution in [1.82, 2.24) is 0 Å². The SMILES string of the molecule is O=C(C[C@H]1Sc2ccccc2NC1=O)O[C@H]1CCOC1=O. The summed E-state index contributed by atoms with van der Waals surface area (Å²) >= 11 is 1.32. The van der Waals surface area contributed by atoms with Crippen LogP contribution >= 0.6 is 11.8 Å². The molecule has 0 bridgehead atoms. The number of ether oxygens (including phenoxy) is 2. The fraction of sp³-hybridized carbons (Fsp3) is 0.357. The number of hydrogen-bond donors (Lipinski definition) is 1. The molecule has 2 aliphatic rings. The summed E-state index contributed by atoms with van der Waals surface area (Å²) < 4.78 is 9.78. The number of amides is 1. The quantitative estimate of drug-likeness (QED) is 0.849. The van der Waals surface area contributed by atoms with Crippen LogP contribution in [0.4, 0.5) is 5.69 Å². The molecule has 2 aliphatic heterocycles. The van der Waals surface area contributed by atoms with Crippen LogP contribution < -0.4 is 5.32 Å². The minimum absolute atomic E-state index is 0.0748. The van der Waals surface area contributed by atoms with Gasteiger partial charge in [0.15, 0.2) is 0 Å². The molecule has 1 N–H and O–H groups in total. The molecule has 110 valence electrons. The smallest absolute Gasteiger partial charge is 0.347 e. The van der Waals surface area contributed by atoms with Crippen LogP contribution in [-0.4, -0.2) is 35.8 Å². The lowest BCUT2D eigenvalue weighted by Gasteiger charge is -2.23. The van der Waals surface area contributed by atoms with Crippen molar-refractivity contribution in [3.8, 4) is 0 Å². The second kappa shape index (κ2) is 5.77. The summed E-state index contributed by atoms with van der Waals surface area (Å²) in [5.41, 5.74) is 0.747. The lowest BCUT2D eigenvalue weighted by molar-refractivity contribution is -0.160. The highest BCUT2D eigenvalue weighted by Gasteiger charge is 2.33. The van der Waals surface area contributed by atoms with E-state index in [0.29, 0.717) is 6.42 Å². The molecule has 1 aromatic rings. The maximum atomic E-state index is 12.0. The molecule has 1 amide bonds. The van der Waals surface area contributed by atoms with Crippen LogP contribution in [-0.2, 0) is 23.9 Å². The van der Waals surface area contributed by atoms with E-state index in [2.05, 4.69) is 5.32 Å². The highest BCUT2D eigenvalue weighted by atomic mass is 32.2. The van der Waals surface area contributed by atoms with E-state index in [1.807, 2.05) is 24.3 Å². The Morgan fingerprint density at radius 1 is 1.38 bits per heavy atom. The number of rotatable bonds is 3. The fourth-order valence-corrected chi connectivity index (χ4v) is 3.26. The zero-order valence-corrected chi connectivity index (χ0v) is 11.9. The molecule has 1 saturated heterocycles. The number of carbonyl (C=O) groups is 3. The van der Waals surface area contributed by atoms with Gasteiger partial charge in [0.2, 0.25) is 12.0 Å². The summed E-state index contributed by atoms with van der Waals surface area (Å²) in [6, 6.07) is 7.39. The van der Waals surface area contributed by atoms with E-state index < -0.39 is 23.3 Å². The second-order valence-electron chi connectivity index (χ2n) is 4.73. The number of benzene rings is 1. The van der Waals surface area contributed by atoms with Gasteiger partial charge in [-0.2, -0.15) is 0 Å². The molecule has 2 atom stereocenters. The zero-order valence-electron chi connectivity index (χ0n) is 11.0. The number of cyclic esters (lactones) is 1. The molecule has 7 heteroatoms. The third-order valence-corrected chi connectivity index (χ3v) is 4.49. The van der Waals surface area contributed by atoms with E-state index in [9.17, 15) is 14.4 Å². The Morgan fingerprint density at radius 2 is 2.19 bits per heavy atom. The lowest BCUT2D eigenvalue weighted by Crippen LogP contribution is -2.33. The van der Waals surface area contributed by atoms with Gasteiger partial charge in [0.1, 0.15) is 0 Å². The van der Waals surface area contributed by atoms with Crippen molar-refractivity contribution in [3.63, 3.8) is 0 Å². The third-order valence-electron chi connectivity index (χ3n) is 3.22. The highest BCUT2D eigenvalue weighted by Crippen LogP contribution is 2.36. The zero-order chi connectivity index (χ0) is 14.8. The Labute approximate surface area is 125 Å². The van der Waals surface area contributed by atoms with Crippen molar-refractivity contribution in [2.75, 3.05) is 11.9 Å². The minimum atomic E-state index is -0.832. The number of hydrogen-bond acceptors (Lipinski definition) is 6. The van der Waals surface area contributed by atoms with Crippen molar-refractivity contribution in [3.05, 3.63) is 24.3 Å². The van der Waals surface area contributed by atoms with E-state index in [1.165, 1.54) is 11.8 Å². The number of carbonyl (C=O) groups excluding carboxylic acids is 3. The molecular formula is C14H13NO5S. The van der Waals surface area contributed by atoms with Crippen molar-refractivity contribution in [1.29, 1.82) is 0 Å². The molecule has 0 radical (unpaired) electrons. The molecule has 0 unspecified atom stereocenters. The summed E-state index contributed by atoms with van der Waals surface area (Å²) in [6.07, 6.45) is -0.534. The minimum Gasteiger partial charge on any atom is -0.463 e. The first kappa shape index (κ1) is 13.9. The predicted molar refractivity (Wildman–Crippen MR) is 74.8 cm³/mol. The first-order valence-electron chi connectivity index (χ1n) is 6.56. The number of para-hydroxylation sites is 1. The molecule has 1 fully saturated rings. The van der Waals surface area contributed by atoms with Gasteiger partial charge < -0.3 is 14.8 Å². The maximum Gasteiger partial charge on any atom is 0.347 e. The summed E-state index contributed by atoms with van der Waals surface area (Å²) in [7, 11) is 0. The summed E-state index contributed by atoms with van der Waals surface area (Å²) in [5, 5.41) is 2.21. The van der Waals surface area contributed by atoms with Crippen LogP contribution in [0.5, 0.6) is 0 Å². The van der Waals surface area contributed by atoms with Gasteiger partial charge in [-0.15, -0.1) is 11.8 Å². The van der Waals surface area contributed by atoms with Crippen LogP contribution in [0.25, 0.3) is 0 Å². The standard InChI is InChI=1S/C14H13NO5S/c16-12(20-9-5-6-19-14(9)18)7-11-13(17)15-8-3-1-2-4-10(8)21-11/h1-4,9,11H,5-7H2,(H,15,17)/t9-,11+/m0/s1. The van der Waals surface area contributed by atoms with E-state index in [4.69, 9.17) is 9.47 Å². The van der Waals surface area contributed by atoms with Crippen molar-refractivity contribution in [2.24, 2.45) is 0 Å². The Morgan fingerprint density at radius 3 is 2.95 bits per heavy atom. The van der Waals surface area contributed by atoms with Gasteiger partial charge in [0.05, 0.1) is 24.0 Å². The number of nitrogens with one attached hydrogen (secondary N) is 1. The summed E-state index contributed by atoms with van der Waals surface area (Å²) in [5.74, 6) is -1.31. The molecule has 21 heavy (non-hydrogen) atoms. The van der Waals surface area contributed by atoms with Crippen LogP contribution in [0.3, 0.4) is 0 Å². The van der Waals surface area contributed by atoms with Crippen LogP contribution in [0.15, 0.2) is 29.2 Å². The lowest BCUT2D eigenvalue weighted by atomic mass is 10.2. The first-order chi connectivity index (χ1) is 10.1. The molecule has 3 rings (SSSR count). The van der Waals surface area contributed by atoms with E-state index in [1.54, 1.807) is 0 Å². The average Bonchev–Trinajstić information content (AvgIpc) is 2.85. The number of fused-ring (bicyclic) bond motifs is 1. The van der Waals surface area contributed by atoms with Crippen LogP contribution in [0.2, 0.25) is 0 Å². The van der Waals surface area contributed by atoms with Gasteiger partial charge >= 0.3 is 11.9 Å². The Bertz CT molecular complexity index is 603. The molecule has 0 aliphatic carbocycles. The number of esters is 2. The Kier molecular flexibility index (Phi) is 3.83. The number of thioether (sulfide) groups is 1. The average molecular weight is 307 g/mol. The molecule has 0 aromatic heterocycles. The first-order valence-corrected chi connectivity index (χ1v) is 7.44. The molecule has 1 aromatic carbocycles. The normalized spacial score (nSPS) is 24.0. The van der Waals surface area contributed by atoms with Gasteiger partial charge in [0, 0.05) is 11.3 Å². The van der Waals surface area contributed by atoms with Crippen molar-refractivity contribution >= 4 is 35.3 Å². The molecule has 0 spiro atoms. The highest BCUT2D eigenvalue weighted by molar-refractivity contribution is 8.01. The van der Waals surface area contributed by atoms with Crippen molar-refractivity contribution < 1.29 is 23.9 Å². The van der Waals surface area contributed by atoms with Gasteiger partial charge in [-0.25, -0.2) is 4.79 Å². The summed E-state index contributed by atoms with van der Waals surface area (Å²) in [6.45, 7) is 0.267. The van der Waals surface area contributed by atoms with Crippen LogP contribution in [0, 0.1) is 0 Å². The molecule has 0 saturated carbocycles. The fourth-order valence-electron chi connectivity index (χ4n) is 2.17. The van der Waals surface area contributed by atoms with E-state index in [-0.39, 0.29) is 18.9 Å². The summed E-state index contributed by atoms with van der Waals surface area (Å²) in [4.78, 5) is 36.0. The second-order valence-corrected chi connectivity index (χ2v) is 5.98. The van der Waals surface area contributed by atoms with Gasteiger partial charge in [-0.1, -0.05) is 12.1 Å². The van der Waals surface area contributed by atoms with Gasteiger partial charge in [-0.3, -0.25) is 9.59 Å². The number of anilines is 1. The van der Waals surface area contributed by atoms with E-state index >= 15 is 0 Å². The monoisotopic (exact) mass is 307 g/mol. The molecule has 6 nitrogen and oxygen atoms in total. The van der Waals surface area contributed by atoms with Crippen molar-refractivity contribution in [2.45, 2.75) is 29.1 Å². The van der Waals surface area contributed by atoms with E-state index in [0.717, 1.165) is 10.6 Å². The predicted octanol–water partition coefficient (Wildman–Crippen LogP) is 1.35. The van der Waals surface area contributed by atoms with Gasteiger partial charge in [0.25, 0.3) is 0 Å². The molecular weight excluding hydrogens is 294 g/mol. The third kappa shape index (κ3) is 3.02. The Hall–Kier alpha value is -2.02. The Balaban J connectivity index is 1.61. The molecule has 2 heterocycles. The topological polar surface area (TPSA) is 81.7 Å². The maximum absolute atomic E-state index is 12.0.